The largest absolute Gasteiger partial charge is 0.377 e. The van der Waals surface area contributed by atoms with Crippen molar-refractivity contribution in [3.05, 3.63) is 35.9 Å². The molecule has 142 valence electrons. The van der Waals surface area contributed by atoms with Gasteiger partial charge in [0.25, 0.3) is 0 Å². The van der Waals surface area contributed by atoms with Crippen LogP contribution in [0.25, 0.3) is 0 Å². The van der Waals surface area contributed by atoms with Crippen LogP contribution in [0.1, 0.15) is 39.2 Å². The minimum absolute atomic E-state index is 0. The molecular weight excluding hydrogens is 425 g/mol. The average molecular weight is 459 g/mol. The van der Waals surface area contributed by atoms with Crippen molar-refractivity contribution < 1.29 is 4.74 Å². The summed E-state index contributed by atoms with van der Waals surface area (Å²) in [5.41, 5.74) is 1.52. The van der Waals surface area contributed by atoms with Gasteiger partial charge in [0, 0.05) is 32.7 Å². The van der Waals surface area contributed by atoms with Crippen molar-refractivity contribution in [1.82, 2.24) is 10.6 Å². The number of aliphatic imine (C=N–C) groups is 1. The third-order valence-electron chi connectivity index (χ3n) is 4.60. The van der Waals surface area contributed by atoms with Gasteiger partial charge in [-0.15, -0.1) is 24.0 Å². The minimum Gasteiger partial charge on any atom is -0.377 e. The summed E-state index contributed by atoms with van der Waals surface area (Å²) in [7, 11) is 1.83. The SMILES string of the molecule is CN=C(NCCc1ccccc1)NCC1CCCOC1C(C)(C)C.I. The van der Waals surface area contributed by atoms with E-state index in [1.807, 2.05) is 7.05 Å². The fourth-order valence-corrected chi connectivity index (χ4v) is 3.43. The Morgan fingerprint density at radius 1 is 1.20 bits per heavy atom. The van der Waals surface area contributed by atoms with Gasteiger partial charge in [0.2, 0.25) is 0 Å². The van der Waals surface area contributed by atoms with Gasteiger partial charge in [-0.1, -0.05) is 51.1 Å². The zero-order chi connectivity index (χ0) is 17.4. The molecule has 2 rings (SSSR count). The van der Waals surface area contributed by atoms with Crippen LogP contribution in [-0.2, 0) is 11.2 Å². The van der Waals surface area contributed by atoms with E-state index < -0.39 is 0 Å². The summed E-state index contributed by atoms with van der Waals surface area (Å²) in [5, 5.41) is 6.90. The van der Waals surface area contributed by atoms with E-state index in [1.54, 1.807) is 0 Å². The first-order valence-electron chi connectivity index (χ1n) is 9.11. The standard InChI is InChI=1S/C20H33N3O.HI/c1-20(2,3)18-17(11-8-14-24-18)15-23-19(21-4)22-13-12-16-9-6-5-7-10-16;/h5-7,9-10,17-18H,8,11-15H2,1-4H3,(H2,21,22,23);1H. The van der Waals surface area contributed by atoms with Gasteiger partial charge in [-0.25, -0.2) is 0 Å². The first kappa shape index (κ1) is 22.2. The van der Waals surface area contributed by atoms with Crippen LogP contribution >= 0.6 is 24.0 Å². The molecule has 1 aromatic carbocycles. The molecule has 0 radical (unpaired) electrons. The summed E-state index contributed by atoms with van der Waals surface area (Å²) >= 11 is 0. The first-order chi connectivity index (χ1) is 11.5. The Bertz CT molecular complexity index is 513. The molecule has 1 saturated heterocycles. The predicted molar refractivity (Wildman–Crippen MR) is 117 cm³/mol. The predicted octanol–water partition coefficient (Wildman–Crippen LogP) is 3.85. The number of hydrogen-bond acceptors (Lipinski definition) is 2. The molecule has 1 heterocycles. The van der Waals surface area contributed by atoms with E-state index in [-0.39, 0.29) is 29.4 Å². The number of ether oxygens (including phenoxy) is 1. The Balaban J connectivity index is 0.00000312. The van der Waals surface area contributed by atoms with E-state index in [0.717, 1.165) is 38.5 Å². The van der Waals surface area contributed by atoms with E-state index in [2.05, 4.69) is 66.7 Å². The van der Waals surface area contributed by atoms with Crippen molar-refractivity contribution >= 4 is 29.9 Å². The highest BCUT2D eigenvalue weighted by atomic mass is 127. The second kappa shape index (κ2) is 11.0. The number of halogens is 1. The highest BCUT2D eigenvalue weighted by molar-refractivity contribution is 14.0. The first-order valence-corrected chi connectivity index (χ1v) is 9.11. The molecule has 0 spiro atoms. The fourth-order valence-electron chi connectivity index (χ4n) is 3.43. The Kier molecular flexibility index (Phi) is 9.79. The Morgan fingerprint density at radius 3 is 2.56 bits per heavy atom. The van der Waals surface area contributed by atoms with Crippen molar-refractivity contribution in [2.75, 3.05) is 26.7 Å². The second-order valence-corrected chi connectivity index (χ2v) is 7.68. The van der Waals surface area contributed by atoms with Crippen LogP contribution in [-0.4, -0.2) is 38.8 Å². The topological polar surface area (TPSA) is 45.7 Å². The molecule has 0 aliphatic carbocycles. The molecule has 2 atom stereocenters. The van der Waals surface area contributed by atoms with Crippen LogP contribution in [0.5, 0.6) is 0 Å². The van der Waals surface area contributed by atoms with Crippen molar-refractivity contribution in [2.24, 2.45) is 16.3 Å². The lowest BCUT2D eigenvalue weighted by Gasteiger charge is -2.40. The number of guanidine groups is 1. The number of hydrogen-bond donors (Lipinski definition) is 2. The lowest BCUT2D eigenvalue weighted by Crippen LogP contribution is -2.47. The zero-order valence-corrected chi connectivity index (χ0v) is 18.4. The Hall–Kier alpha value is -0.820. The zero-order valence-electron chi connectivity index (χ0n) is 16.0. The van der Waals surface area contributed by atoms with E-state index >= 15 is 0 Å². The van der Waals surface area contributed by atoms with Crippen molar-refractivity contribution in [1.29, 1.82) is 0 Å². The van der Waals surface area contributed by atoms with Gasteiger partial charge in [-0.3, -0.25) is 4.99 Å². The number of nitrogens with zero attached hydrogens (tertiary/aromatic N) is 1. The molecule has 25 heavy (non-hydrogen) atoms. The van der Waals surface area contributed by atoms with Crippen molar-refractivity contribution in [2.45, 2.75) is 46.1 Å². The summed E-state index contributed by atoms with van der Waals surface area (Å²) in [4.78, 5) is 4.34. The molecule has 0 amide bonds. The van der Waals surface area contributed by atoms with Crippen LogP contribution in [0, 0.1) is 11.3 Å². The lowest BCUT2D eigenvalue weighted by molar-refractivity contribution is -0.0835. The van der Waals surface area contributed by atoms with E-state index in [4.69, 9.17) is 4.74 Å². The maximum atomic E-state index is 6.06. The van der Waals surface area contributed by atoms with Gasteiger partial charge >= 0.3 is 0 Å². The maximum absolute atomic E-state index is 6.06. The molecule has 0 bridgehead atoms. The third kappa shape index (κ3) is 7.52. The van der Waals surface area contributed by atoms with Crippen molar-refractivity contribution in [3.8, 4) is 0 Å². The summed E-state index contributed by atoms with van der Waals surface area (Å²) in [5.74, 6) is 1.41. The van der Waals surface area contributed by atoms with Crippen LogP contribution in [0.15, 0.2) is 35.3 Å². The summed E-state index contributed by atoms with van der Waals surface area (Å²) in [6.07, 6.45) is 3.68. The highest BCUT2D eigenvalue weighted by Gasteiger charge is 2.35. The summed E-state index contributed by atoms with van der Waals surface area (Å²) in [6.45, 7) is 9.48. The van der Waals surface area contributed by atoms with Gasteiger partial charge < -0.3 is 15.4 Å². The van der Waals surface area contributed by atoms with E-state index in [1.165, 1.54) is 12.0 Å². The molecule has 1 aromatic rings. The van der Waals surface area contributed by atoms with E-state index in [9.17, 15) is 0 Å². The maximum Gasteiger partial charge on any atom is 0.190 e. The smallest absolute Gasteiger partial charge is 0.190 e. The number of nitrogens with one attached hydrogen (secondary N) is 2. The average Bonchev–Trinajstić information content (AvgIpc) is 2.58. The molecule has 0 saturated carbocycles. The lowest BCUT2D eigenvalue weighted by atomic mass is 9.78. The van der Waals surface area contributed by atoms with Gasteiger partial charge in [0.15, 0.2) is 5.96 Å². The van der Waals surface area contributed by atoms with Crippen LogP contribution < -0.4 is 10.6 Å². The van der Waals surface area contributed by atoms with Crippen LogP contribution in [0.3, 0.4) is 0 Å². The summed E-state index contributed by atoms with van der Waals surface area (Å²) < 4.78 is 6.06. The van der Waals surface area contributed by atoms with Gasteiger partial charge in [-0.2, -0.15) is 0 Å². The molecule has 2 N–H and O–H groups in total. The minimum atomic E-state index is 0. The summed E-state index contributed by atoms with van der Waals surface area (Å²) in [6, 6.07) is 10.5. The molecule has 2 unspecified atom stereocenters. The normalized spacial score (nSPS) is 21.4. The number of benzene rings is 1. The molecule has 0 aromatic heterocycles. The monoisotopic (exact) mass is 459 g/mol. The van der Waals surface area contributed by atoms with Gasteiger partial charge in [-0.05, 0) is 30.2 Å². The van der Waals surface area contributed by atoms with Crippen molar-refractivity contribution in [3.63, 3.8) is 0 Å². The highest BCUT2D eigenvalue weighted by Crippen LogP contribution is 2.33. The fraction of sp³-hybridized carbons (Fsp3) is 0.650. The molecule has 1 aliphatic heterocycles. The quantitative estimate of drug-likeness (QED) is 0.400. The molecule has 5 heteroatoms. The molecular formula is C20H34IN3O. The molecule has 1 aliphatic rings. The number of rotatable bonds is 5. The van der Waals surface area contributed by atoms with Crippen LogP contribution in [0.2, 0.25) is 0 Å². The Morgan fingerprint density at radius 2 is 1.92 bits per heavy atom. The second-order valence-electron chi connectivity index (χ2n) is 7.68. The van der Waals surface area contributed by atoms with E-state index in [0.29, 0.717) is 12.0 Å². The molecule has 1 fully saturated rings. The van der Waals surface area contributed by atoms with Crippen LogP contribution in [0.4, 0.5) is 0 Å². The third-order valence-corrected chi connectivity index (χ3v) is 4.60. The Labute approximate surface area is 170 Å². The van der Waals surface area contributed by atoms with Gasteiger partial charge in [0.1, 0.15) is 0 Å². The molecule has 4 nitrogen and oxygen atoms in total. The van der Waals surface area contributed by atoms with Gasteiger partial charge in [0.05, 0.1) is 6.10 Å².